The Balaban J connectivity index is 1.98. The third kappa shape index (κ3) is 2.85. The summed E-state index contributed by atoms with van der Waals surface area (Å²) in [6.07, 6.45) is 3.78. The third-order valence-corrected chi connectivity index (χ3v) is 3.59. The topological polar surface area (TPSA) is 43.8 Å². The molecule has 0 bridgehead atoms. The van der Waals surface area contributed by atoms with Gasteiger partial charge in [0.1, 0.15) is 10.8 Å². The fourth-order valence-corrected chi connectivity index (χ4v) is 2.57. The van der Waals surface area contributed by atoms with Crippen LogP contribution in [0.25, 0.3) is 11.4 Å². The Kier molecular flexibility index (Phi) is 3.79. The molecule has 3 aromatic rings. The molecule has 0 amide bonds. The molecule has 0 saturated heterocycles. The highest BCUT2D eigenvalue weighted by atomic mass is 32.1. The van der Waals surface area contributed by atoms with Crippen LogP contribution in [0.5, 0.6) is 0 Å². The quantitative estimate of drug-likeness (QED) is 0.751. The number of rotatable bonds is 4. The zero-order valence-electron chi connectivity index (χ0n) is 11.4. The van der Waals surface area contributed by atoms with Crippen molar-refractivity contribution in [1.82, 2.24) is 9.55 Å². The monoisotopic (exact) mass is 293 g/mol. The van der Waals surface area contributed by atoms with E-state index in [0.29, 0.717) is 11.5 Å². The van der Waals surface area contributed by atoms with Gasteiger partial charge in [-0.3, -0.25) is 0 Å². The van der Waals surface area contributed by atoms with Gasteiger partial charge in [-0.15, -0.1) is 0 Å². The lowest BCUT2D eigenvalue weighted by atomic mass is 10.1. The molecule has 0 unspecified atom stereocenters. The van der Waals surface area contributed by atoms with Gasteiger partial charge in [-0.2, -0.15) is 0 Å². The Morgan fingerprint density at radius 3 is 2.52 bits per heavy atom. The van der Waals surface area contributed by atoms with E-state index in [-0.39, 0.29) is 0 Å². The highest BCUT2D eigenvalue weighted by molar-refractivity contribution is 7.80. The lowest BCUT2D eigenvalue weighted by molar-refractivity contribution is 0.806. The second kappa shape index (κ2) is 5.89. The highest BCUT2D eigenvalue weighted by Gasteiger charge is 2.09. The predicted molar refractivity (Wildman–Crippen MR) is 89.1 cm³/mol. The second-order valence-electron chi connectivity index (χ2n) is 4.77. The minimum absolute atomic E-state index is 0.423. The summed E-state index contributed by atoms with van der Waals surface area (Å²) in [6, 6.07) is 18.1. The molecule has 0 aliphatic rings. The molecule has 1 aromatic heterocycles. The van der Waals surface area contributed by atoms with E-state index in [4.69, 9.17) is 18.0 Å². The zero-order valence-corrected chi connectivity index (χ0v) is 12.3. The van der Waals surface area contributed by atoms with Crippen molar-refractivity contribution in [3.8, 4) is 11.4 Å². The summed E-state index contributed by atoms with van der Waals surface area (Å²) in [4.78, 5) is 4.88. The fourth-order valence-electron chi connectivity index (χ4n) is 2.37. The van der Waals surface area contributed by atoms with Crippen LogP contribution in [0.3, 0.4) is 0 Å². The van der Waals surface area contributed by atoms with Crippen molar-refractivity contribution in [1.29, 1.82) is 0 Å². The molecule has 2 N–H and O–H groups in total. The first-order chi connectivity index (χ1) is 10.3. The van der Waals surface area contributed by atoms with Gasteiger partial charge < -0.3 is 10.3 Å². The summed E-state index contributed by atoms with van der Waals surface area (Å²) in [5.74, 6) is 0.938. The summed E-state index contributed by atoms with van der Waals surface area (Å²) in [5, 5.41) is 0. The van der Waals surface area contributed by atoms with Gasteiger partial charge in [-0.1, -0.05) is 66.8 Å². The first kappa shape index (κ1) is 13.5. The minimum atomic E-state index is 0.423. The fraction of sp³-hybridized carbons (Fsp3) is 0.0588. The normalized spacial score (nSPS) is 10.5. The van der Waals surface area contributed by atoms with Crippen molar-refractivity contribution in [3.63, 3.8) is 0 Å². The van der Waals surface area contributed by atoms with E-state index in [1.807, 2.05) is 54.9 Å². The smallest absolute Gasteiger partial charge is 0.140 e. The van der Waals surface area contributed by atoms with Crippen molar-refractivity contribution in [3.05, 3.63) is 78.1 Å². The zero-order chi connectivity index (χ0) is 14.7. The Hall–Kier alpha value is -2.46. The van der Waals surface area contributed by atoms with Crippen LogP contribution in [-0.2, 0) is 6.54 Å². The van der Waals surface area contributed by atoms with Gasteiger partial charge in [-0.25, -0.2) is 4.98 Å². The molecular weight excluding hydrogens is 278 g/mol. The van der Waals surface area contributed by atoms with Gasteiger partial charge in [-0.05, 0) is 5.56 Å². The van der Waals surface area contributed by atoms with Crippen LogP contribution in [0.1, 0.15) is 11.1 Å². The summed E-state index contributed by atoms with van der Waals surface area (Å²) in [6.45, 7) is 0.692. The SMILES string of the molecule is NC(=S)c1ccccc1Cn1ccnc1-c1ccccc1. The van der Waals surface area contributed by atoms with Gasteiger partial charge >= 0.3 is 0 Å². The maximum atomic E-state index is 5.80. The standard InChI is InChI=1S/C17H15N3S/c18-16(21)15-9-5-4-8-14(15)12-20-11-10-19-17(20)13-6-2-1-3-7-13/h1-11H,12H2,(H2,18,21). The molecule has 4 heteroatoms. The molecule has 0 atom stereocenters. The molecule has 0 saturated carbocycles. The van der Waals surface area contributed by atoms with E-state index in [9.17, 15) is 0 Å². The minimum Gasteiger partial charge on any atom is -0.389 e. The van der Waals surface area contributed by atoms with Crippen LogP contribution in [0.15, 0.2) is 67.0 Å². The van der Waals surface area contributed by atoms with Crippen LogP contribution < -0.4 is 5.73 Å². The third-order valence-electron chi connectivity index (χ3n) is 3.37. The molecule has 0 spiro atoms. The van der Waals surface area contributed by atoms with Crippen molar-refractivity contribution < 1.29 is 0 Å². The Morgan fingerprint density at radius 2 is 1.76 bits per heavy atom. The number of hydrogen-bond donors (Lipinski definition) is 1. The molecular formula is C17H15N3S. The van der Waals surface area contributed by atoms with Gasteiger partial charge in [0.2, 0.25) is 0 Å². The number of hydrogen-bond acceptors (Lipinski definition) is 2. The van der Waals surface area contributed by atoms with Gasteiger partial charge in [0.25, 0.3) is 0 Å². The summed E-state index contributed by atoms with van der Waals surface area (Å²) in [5.41, 5.74) is 8.91. The molecule has 104 valence electrons. The molecule has 2 aromatic carbocycles. The Bertz CT molecular complexity index is 762. The highest BCUT2D eigenvalue weighted by Crippen LogP contribution is 2.19. The van der Waals surface area contributed by atoms with E-state index in [2.05, 4.69) is 21.7 Å². The number of benzene rings is 2. The van der Waals surface area contributed by atoms with E-state index < -0.39 is 0 Å². The van der Waals surface area contributed by atoms with Crippen molar-refractivity contribution in [2.75, 3.05) is 0 Å². The van der Waals surface area contributed by atoms with Crippen molar-refractivity contribution >= 4 is 17.2 Å². The van der Waals surface area contributed by atoms with E-state index >= 15 is 0 Å². The summed E-state index contributed by atoms with van der Waals surface area (Å²) >= 11 is 5.12. The number of nitrogens with two attached hydrogens (primary N) is 1. The summed E-state index contributed by atoms with van der Waals surface area (Å²) in [7, 11) is 0. The number of thiocarbonyl (C=S) groups is 1. The number of aromatic nitrogens is 2. The number of imidazole rings is 1. The van der Waals surface area contributed by atoms with Gasteiger partial charge in [0.15, 0.2) is 0 Å². The first-order valence-electron chi connectivity index (χ1n) is 6.70. The molecule has 0 aliphatic heterocycles. The van der Waals surface area contributed by atoms with Crippen molar-refractivity contribution in [2.45, 2.75) is 6.54 Å². The van der Waals surface area contributed by atoms with Crippen molar-refractivity contribution in [2.24, 2.45) is 5.73 Å². The molecule has 21 heavy (non-hydrogen) atoms. The van der Waals surface area contributed by atoms with Crippen LogP contribution in [0, 0.1) is 0 Å². The Morgan fingerprint density at radius 1 is 1.05 bits per heavy atom. The van der Waals surface area contributed by atoms with Crippen LogP contribution in [-0.4, -0.2) is 14.5 Å². The van der Waals surface area contributed by atoms with E-state index in [0.717, 1.165) is 22.5 Å². The van der Waals surface area contributed by atoms with Crippen LogP contribution in [0.2, 0.25) is 0 Å². The maximum Gasteiger partial charge on any atom is 0.140 e. The Labute approximate surface area is 129 Å². The first-order valence-corrected chi connectivity index (χ1v) is 7.11. The molecule has 1 heterocycles. The average molecular weight is 293 g/mol. The second-order valence-corrected chi connectivity index (χ2v) is 5.21. The van der Waals surface area contributed by atoms with E-state index in [1.165, 1.54) is 0 Å². The largest absolute Gasteiger partial charge is 0.389 e. The molecule has 3 rings (SSSR count). The number of nitrogens with zero attached hydrogens (tertiary/aromatic N) is 2. The predicted octanol–water partition coefficient (Wildman–Crippen LogP) is 3.23. The molecule has 3 nitrogen and oxygen atoms in total. The average Bonchev–Trinajstić information content (AvgIpc) is 2.96. The van der Waals surface area contributed by atoms with Crippen LogP contribution >= 0.6 is 12.2 Å². The maximum absolute atomic E-state index is 5.80. The molecule has 0 radical (unpaired) electrons. The molecule has 0 fully saturated rings. The summed E-state index contributed by atoms with van der Waals surface area (Å²) < 4.78 is 2.10. The van der Waals surface area contributed by atoms with E-state index in [1.54, 1.807) is 0 Å². The van der Waals surface area contributed by atoms with Gasteiger partial charge in [0, 0.05) is 30.1 Å². The molecule has 0 aliphatic carbocycles. The lowest BCUT2D eigenvalue weighted by Crippen LogP contribution is -2.14. The lowest BCUT2D eigenvalue weighted by Gasteiger charge is -2.11. The van der Waals surface area contributed by atoms with Gasteiger partial charge in [0.05, 0.1) is 0 Å². The van der Waals surface area contributed by atoms with Crippen LogP contribution in [0.4, 0.5) is 0 Å².